The second kappa shape index (κ2) is 9.06. The van der Waals surface area contributed by atoms with Crippen LogP contribution in [0, 0.1) is 11.3 Å². The van der Waals surface area contributed by atoms with Crippen molar-refractivity contribution in [2.75, 3.05) is 56.7 Å². The maximum atomic E-state index is 12.9. The zero-order valence-corrected chi connectivity index (χ0v) is 17.4. The van der Waals surface area contributed by atoms with Crippen LogP contribution in [0.5, 0.6) is 5.75 Å². The Kier molecular flexibility index (Phi) is 6.05. The lowest BCUT2D eigenvalue weighted by Crippen LogP contribution is -2.51. The predicted octanol–water partition coefficient (Wildman–Crippen LogP) is 2.17. The van der Waals surface area contributed by atoms with Crippen molar-refractivity contribution in [2.45, 2.75) is 5.92 Å². The highest BCUT2D eigenvalue weighted by atomic mass is 16.5. The van der Waals surface area contributed by atoms with Gasteiger partial charge in [-0.25, -0.2) is 0 Å². The number of amides is 1. The first-order valence-electron chi connectivity index (χ1n) is 10.3. The fourth-order valence-corrected chi connectivity index (χ4v) is 4.12. The van der Waals surface area contributed by atoms with E-state index in [1.54, 1.807) is 37.4 Å². The first-order valence-corrected chi connectivity index (χ1v) is 10.3. The van der Waals surface area contributed by atoms with Crippen LogP contribution in [0.3, 0.4) is 0 Å². The number of piperazine rings is 1. The summed E-state index contributed by atoms with van der Waals surface area (Å²) >= 11 is 0. The molecule has 0 radical (unpaired) electrons. The first-order chi connectivity index (χ1) is 15.1. The molecule has 0 bridgehead atoms. The number of anilines is 2. The third-order valence-electron chi connectivity index (χ3n) is 5.67. The topological polar surface area (TPSA) is 101 Å². The number of para-hydroxylation sites is 2. The Morgan fingerprint density at radius 1 is 1.26 bits per heavy atom. The maximum Gasteiger partial charge on any atom is 0.239 e. The SMILES string of the molecule is COCCN=C(C1C(=O)Nc2ccc(C#N)cc21)N1CCN(c2ccccc2O)CC1. The number of benzene rings is 2. The summed E-state index contributed by atoms with van der Waals surface area (Å²) in [5.74, 6) is 0.264. The van der Waals surface area contributed by atoms with E-state index in [0.717, 1.165) is 16.9 Å². The lowest BCUT2D eigenvalue weighted by molar-refractivity contribution is -0.115. The molecule has 1 amide bonds. The van der Waals surface area contributed by atoms with Gasteiger partial charge in [0.05, 0.1) is 30.5 Å². The molecular weight excluding hydrogens is 394 g/mol. The summed E-state index contributed by atoms with van der Waals surface area (Å²) < 4.78 is 5.16. The number of hydrogen-bond donors (Lipinski definition) is 2. The molecule has 31 heavy (non-hydrogen) atoms. The fraction of sp³-hybridized carbons (Fsp3) is 0.348. The van der Waals surface area contributed by atoms with Gasteiger partial charge in [0.1, 0.15) is 17.5 Å². The number of aliphatic imine (C=N–C) groups is 1. The molecule has 0 saturated carbocycles. The van der Waals surface area contributed by atoms with Gasteiger partial charge in [0, 0.05) is 39.0 Å². The maximum absolute atomic E-state index is 12.9. The summed E-state index contributed by atoms with van der Waals surface area (Å²) in [4.78, 5) is 21.9. The van der Waals surface area contributed by atoms with E-state index < -0.39 is 5.92 Å². The number of carbonyl (C=O) groups excluding carboxylic acids is 1. The van der Waals surface area contributed by atoms with Crippen LogP contribution in [0.1, 0.15) is 17.0 Å². The van der Waals surface area contributed by atoms with E-state index in [4.69, 9.17) is 9.73 Å². The average Bonchev–Trinajstić information content (AvgIpc) is 3.12. The molecule has 0 aliphatic carbocycles. The van der Waals surface area contributed by atoms with Gasteiger partial charge < -0.3 is 25.0 Å². The normalized spacial score (nSPS) is 18.5. The van der Waals surface area contributed by atoms with Crippen molar-refractivity contribution in [3.05, 3.63) is 53.6 Å². The van der Waals surface area contributed by atoms with Gasteiger partial charge >= 0.3 is 0 Å². The lowest BCUT2D eigenvalue weighted by Gasteiger charge is -2.39. The monoisotopic (exact) mass is 419 g/mol. The van der Waals surface area contributed by atoms with E-state index in [1.807, 2.05) is 12.1 Å². The lowest BCUT2D eigenvalue weighted by atomic mass is 9.96. The number of aromatic hydroxyl groups is 1. The first kappa shape index (κ1) is 20.7. The van der Waals surface area contributed by atoms with Crippen LogP contribution in [-0.2, 0) is 9.53 Å². The predicted molar refractivity (Wildman–Crippen MR) is 119 cm³/mol. The van der Waals surface area contributed by atoms with E-state index in [-0.39, 0.29) is 11.7 Å². The minimum Gasteiger partial charge on any atom is -0.506 e. The standard InChI is InChI=1S/C23H25N5O3/c1-31-13-8-25-22(21-17-14-16(15-24)6-7-18(17)26-23(21)30)28-11-9-27(10-12-28)19-4-2-3-5-20(19)29/h2-7,14,21,29H,8-13H2,1H3,(H,26,30). The Hall–Kier alpha value is -3.57. The minimum atomic E-state index is -0.558. The van der Waals surface area contributed by atoms with Crippen molar-refractivity contribution in [3.63, 3.8) is 0 Å². The van der Waals surface area contributed by atoms with Gasteiger partial charge in [-0.2, -0.15) is 5.26 Å². The average molecular weight is 419 g/mol. The summed E-state index contributed by atoms with van der Waals surface area (Å²) in [6.45, 7) is 3.62. The zero-order valence-electron chi connectivity index (χ0n) is 17.4. The highest BCUT2D eigenvalue weighted by Gasteiger charge is 2.38. The number of phenolic OH excluding ortho intramolecular Hbond substituents is 1. The summed E-state index contributed by atoms with van der Waals surface area (Å²) in [6.07, 6.45) is 0. The van der Waals surface area contributed by atoms with Crippen molar-refractivity contribution in [2.24, 2.45) is 4.99 Å². The largest absolute Gasteiger partial charge is 0.506 e. The number of fused-ring (bicyclic) bond motifs is 1. The molecule has 8 heteroatoms. The highest BCUT2D eigenvalue weighted by molar-refractivity contribution is 6.18. The van der Waals surface area contributed by atoms with Crippen LogP contribution >= 0.6 is 0 Å². The molecule has 160 valence electrons. The number of nitrogens with one attached hydrogen (secondary N) is 1. The van der Waals surface area contributed by atoms with Crippen LogP contribution in [-0.4, -0.2) is 68.2 Å². The summed E-state index contributed by atoms with van der Waals surface area (Å²) in [5.41, 5.74) is 2.83. The highest BCUT2D eigenvalue weighted by Crippen LogP contribution is 2.36. The molecule has 1 fully saturated rings. The second-order valence-corrected chi connectivity index (χ2v) is 7.53. The van der Waals surface area contributed by atoms with Gasteiger partial charge in [0.2, 0.25) is 5.91 Å². The van der Waals surface area contributed by atoms with Crippen LogP contribution in [0.2, 0.25) is 0 Å². The molecule has 8 nitrogen and oxygen atoms in total. The quantitative estimate of drug-likeness (QED) is 0.438. The molecule has 1 unspecified atom stereocenters. The van der Waals surface area contributed by atoms with E-state index >= 15 is 0 Å². The van der Waals surface area contributed by atoms with Crippen molar-refractivity contribution < 1.29 is 14.6 Å². The molecule has 1 atom stereocenters. The third-order valence-corrected chi connectivity index (χ3v) is 5.67. The molecule has 2 aliphatic rings. The molecule has 0 aromatic heterocycles. The molecule has 2 aliphatic heterocycles. The van der Waals surface area contributed by atoms with Gasteiger partial charge in [-0.3, -0.25) is 9.79 Å². The van der Waals surface area contributed by atoms with E-state index in [2.05, 4.69) is 21.2 Å². The number of nitriles is 1. The smallest absolute Gasteiger partial charge is 0.239 e. The summed E-state index contributed by atoms with van der Waals surface area (Å²) in [7, 11) is 1.62. The van der Waals surface area contributed by atoms with Gasteiger partial charge in [0.15, 0.2) is 0 Å². The number of hydrogen-bond acceptors (Lipinski definition) is 6. The minimum absolute atomic E-state index is 0.135. The number of phenols is 1. The van der Waals surface area contributed by atoms with E-state index in [0.29, 0.717) is 50.7 Å². The zero-order chi connectivity index (χ0) is 21.8. The Bertz CT molecular complexity index is 1040. The van der Waals surface area contributed by atoms with E-state index in [9.17, 15) is 15.2 Å². The number of rotatable bonds is 5. The molecule has 2 aromatic rings. The van der Waals surface area contributed by atoms with Crippen LogP contribution < -0.4 is 10.2 Å². The Labute approximate surface area is 181 Å². The van der Waals surface area contributed by atoms with Gasteiger partial charge in [0.25, 0.3) is 0 Å². The number of nitrogens with zero attached hydrogens (tertiary/aromatic N) is 4. The third kappa shape index (κ3) is 4.18. The number of carbonyl (C=O) groups is 1. The van der Waals surface area contributed by atoms with E-state index in [1.165, 1.54) is 0 Å². The number of methoxy groups -OCH3 is 1. The van der Waals surface area contributed by atoms with Gasteiger partial charge in [-0.1, -0.05) is 12.1 Å². The molecule has 2 aromatic carbocycles. The van der Waals surface area contributed by atoms with Crippen molar-refractivity contribution >= 4 is 23.1 Å². The molecular formula is C23H25N5O3. The van der Waals surface area contributed by atoms with Crippen LogP contribution in [0.4, 0.5) is 11.4 Å². The van der Waals surface area contributed by atoms with Crippen molar-refractivity contribution in [1.29, 1.82) is 5.26 Å². The molecule has 2 heterocycles. The molecule has 1 saturated heterocycles. The molecule has 0 spiro atoms. The Morgan fingerprint density at radius 2 is 2.03 bits per heavy atom. The molecule has 2 N–H and O–H groups in total. The van der Waals surface area contributed by atoms with Gasteiger partial charge in [-0.05, 0) is 35.9 Å². The fourth-order valence-electron chi connectivity index (χ4n) is 4.12. The summed E-state index contributed by atoms with van der Waals surface area (Å²) in [5, 5.41) is 22.4. The van der Waals surface area contributed by atoms with Crippen molar-refractivity contribution in [3.8, 4) is 11.8 Å². The molecule has 4 rings (SSSR count). The summed E-state index contributed by atoms with van der Waals surface area (Å²) in [6, 6.07) is 14.7. The Morgan fingerprint density at radius 3 is 2.74 bits per heavy atom. The van der Waals surface area contributed by atoms with Crippen molar-refractivity contribution in [1.82, 2.24) is 4.90 Å². The van der Waals surface area contributed by atoms with Gasteiger partial charge in [-0.15, -0.1) is 0 Å². The number of amidine groups is 1. The number of ether oxygens (including phenoxy) is 1. The van der Waals surface area contributed by atoms with Crippen LogP contribution in [0.15, 0.2) is 47.5 Å². The van der Waals surface area contributed by atoms with Crippen LogP contribution in [0.25, 0.3) is 0 Å². The second-order valence-electron chi connectivity index (χ2n) is 7.53. The Balaban J connectivity index is 1.59.